The van der Waals surface area contributed by atoms with E-state index in [0.717, 1.165) is 0 Å². The van der Waals surface area contributed by atoms with Gasteiger partial charge < -0.3 is 14.6 Å². The lowest BCUT2D eigenvalue weighted by atomic mass is 10.2. The monoisotopic (exact) mass is 354 g/mol. The summed E-state index contributed by atoms with van der Waals surface area (Å²) in [6.45, 7) is 3.77. The highest BCUT2D eigenvalue weighted by Gasteiger charge is 2.21. The average Bonchev–Trinajstić information content (AvgIpc) is 2.94. The Kier molecular flexibility index (Phi) is 5.69. The van der Waals surface area contributed by atoms with E-state index in [2.05, 4.69) is 5.32 Å². The number of nitrogens with zero attached hydrogens (tertiary/aromatic N) is 1. The summed E-state index contributed by atoms with van der Waals surface area (Å²) in [5, 5.41) is 3.32. The van der Waals surface area contributed by atoms with Crippen LogP contribution in [0.4, 0.5) is 5.69 Å². The Balaban J connectivity index is 2.09. The van der Waals surface area contributed by atoms with Crippen molar-refractivity contribution in [2.24, 2.45) is 0 Å². The molecule has 0 spiro atoms. The van der Waals surface area contributed by atoms with Gasteiger partial charge in [0.25, 0.3) is 5.91 Å². The molecule has 1 aromatic heterocycles. The molecule has 1 heterocycles. The fourth-order valence-electron chi connectivity index (χ4n) is 2.07. The number of carbonyl (C=O) groups is 2. The van der Waals surface area contributed by atoms with Crippen LogP contribution in [-0.2, 0) is 4.79 Å². The second kappa shape index (κ2) is 7.53. The molecule has 0 atom stereocenters. The molecule has 1 aromatic carbocycles. The van der Waals surface area contributed by atoms with Crippen LogP contribution in [0.15, 0.2) is 34.9 Å². The molecule has 0 aliphatic heterocycles. The SMILES string of the molecule is CCN(CC(=O)Nc1c(Cl)cccc1Cl)C(=O)c1ccoc1C. The minimum atomic E-state index is -0.378. The second-order valence-corrected chi connectivity index (χ2v) is 5.67. The number of nitrogens with one attached hydrogen (secondary N) is 1. The maximum absolute atomic E-state index is 12.4. The number of para-hydroxylation sites is 1. The van der Waals surface area contributed by atoms with Crippen molar-refractivity contribution in [3.8, 4) is 0 Å². The zero-order chi connectivity index (χ0) is 17.0. The molecule has 2 rings (SSSR count). The fraction of sp³-hybridized carbons (Fsp3) is 0.250. The summed E-state index contributed by atoms with van der Waals surface area (Å²) in [5.74, 6) is -0.126. The molecule has 0 saturated heterocycles. The van der Waals surface area contributed by atoms with Gasteiger partial charge in [-0.15, -0.1) is 0 Å². The molecule has 0 aliphatic rings. The van der Waals surface area contributed by atoms with Crippen molar-refractivity contribution < 1.29 is 14.0 Å². The summed E-state index contributed by atoms with van der Waals surface area (Å²) in [4.78, 5) is 26.0. The van der Waals surface area contributed by atoms with Gasteiger partial charge in [-0.1, -0.05) is 29.3 Å². The maximum Gasteiger partial charge on any atom is 0.257 e. The molecule has 0 aliphatic carbocycles. The topological polar surface area (TPSA) is 62.6 Å². The van der Waals surface area contributed by atoms with Gasteiger partial charge in [-0.05, 0) is 32.0 Å². The van der Waals surface area contributed by atoms with Crippen molar-refractivity contribution in [2.45, 2.75) is 13.8 Å². The third kappa shape index (κ3) is 4.06. The van der Waals surface area contributed by atoms with Gasteiger partial charge in [-0.3, -0.25) is 9.59 Å². The molecular weight excluding hydrogens is 339 g/mol. The summed E-state index contributed by atoms with van der Waals surface area (Å²) >= 11 is 12.0. The van der Waals surface area contributed by atoms with E-state index in [0.29, 0.717) is 33.6 Å². The molecule has 0 bridgehead atoms. The van der Waals surface area contributed by atoms with E-state index in [1.807, 2.05) is 0 Å². The maximum atomic E-state index is 12.4. The first kappa shape index (κ1) is 17.4. The van der Waals surface area contributed by atoms with Crippen LogP contribution in [0.1, 0.15) is 23.0 Å². The minimum absolute atomic E-state index is 0.110. The number of rotatable bonds is 5. The molecule has 0 radical (unpaired) electrons. The van der Waals surface area contributed by atoms with Gasteiger partial charge >= 0.3 is 0 Å². The highest BCUT2D eigenvalue weighted by molar-refractivity contribution is 6.39. The lowest BCUT2D eigenvalue weighted by Crippen LogP contribution is -2.38. The van der Waals surface area contributed by atoms with Crippen molar-refractivity contribution >= 4 is 40.7 Å². The summed E-state index contributed by atoms with van der Waals surface area (Å²) in [6.07, 6.45) is 1.44. The second-order valence-electron chi connectivity index (χ2n) is 4.85. The first-order chi connectivity index (χ1) is 10.9. The number of hydrogen-bond acceptors (Lipinski definition) is 3. The molecule has 122 valence electrons. The molecule has 5 nitrogen and oxygen atoms in total. The van der Waals surface area contributed by atoms with Gasteiger partial charge in [0.15, 0.2) is 0 Å². The Morgan fingerprint density at radius 1 is 1.22 bits per heavy atom. The predicted molar refractivity (Wildman–Crippen MR) is 90.1 cm³/mol. The number of anilines is 1. The van der Waals surface area contributed by atoms with Crippen molar-refractivity contribution in [3.63, 3.8) is 0 Å². The highest BCUT2D eigenvalue weighted by Crippen LogP contribution is 2.29. The zero-order valence-corrected chi connectivity index (χ0v) is 14.2. The molecular formula is C16H16Cl2N2O3. The smallest absolute Gasteiger partial charge is 0.257 e. The third-order valence-corrected chi connectivity index (χ3v) is 3.95. The predicted octanol–water partition coefficient (Wildman–Crippen LogP) is 4.00. The van der Waals surface area contributed by atoms with Crippen LogP contribution in [0.25, 0.3) is 0 Å². The number of likely N-dealkylation sites (N-methyl/N-ethyl adjacent to an activating group) is 1. The van der Waals surface area contributed by atoms with E-state index in [1.165, 1.54) is 11.2 Å². The normalized spacial score (nSPS) is 10.4. The van der Waals surface area contributed by atoms with Crippen LogP contribution in [0, 0.1) is 6.92 Å². The van der Waals surface area contributed by atoms with Crippen molar-refractivity contribution in [1.29, 1.82) is 0 Å². The third-order valence-electron chi connectivity index (χ3n) is 3.32. The first-order valence-electron chi connectivity index (χ1n) is 7.01. The van der Waals surface area contributed by atoms with E-state index in [-0.39, 0.29) is 18.4 Å². The van der Waals surface area contributed by atoms with Crippen LogP contribution in [0.2, 0.25) is 10.0 Å². The highest BCUT2D eigenvalue weighted by atomic mass is 35.5. The Hall–Kier alpha value is -1.98. The molecule has 2 amide bonds. The molecule has 1 N–H and O–H groups in total. The Morgan fingerprint density at radius 3 is 2.39 bits per heavy atom. The van der Waals surface area contributed by atoms with Gasteiger partial charge in [0.1, 0.15) is 12.3 Å². The average molecular weight is 355 g/mol. The number of hydrogen-bond donors (Lipinski definition) is 1. The lowest BCUT2D eigenvalue weighted by Gasteiger charge is -2.20. The van der Waals surface area contributed by atoms with Gasteiger partial charge in [-0.2, -0.15) is 0 Å². The molecule has 23 heavy (non-hydrogen) atoms. The number of carbonyl (C=O) groups excluding carboxylic acids is 2. The molecule has 0 fully saturated rings. The van der Waals surface area contributed by atoms with Gasteiger partial charge in [-0.25, -0.2) is 0 Å². The largest absolute Gasteiger partial charge is 0.469 e. The van der Waals surface area contributed by atoms with E-state index < -0.39 is 0 Å². The van der Waals surface area contributed by atoms with E-state index in [1.54, 1.807) is 38.1 Å². The fourth-order valence-corrected chi connectivity index (χ4v) is 2.57. The van der Waals surface area contributed by atoms with Gasteiger partial charge in [0.2, 0.25) is 5.91 Å². The molecule has 2 aromatic rings. The Labute approximate surface area is 144 Å². The van der Waals surface area contributed by atoms with Crippen LogP contribution >= 0.6 is 23.2 Å². The first-order valence-corrected chi connectivity index (χ1v) is 7.76. The van der Waals surface area contributed by atoms with Crippen LogP contribution in [0.3, 0.4) is 0 Å². The lowest BCUT2D eigenvalue weighted by molar-refractivity contribution is -0.116. The van der Waals surface area contributed by atoms with Gasteiger partial charge in [0.05, 0.1) is 27.6 Å². The quantitative estimate of drug-likeness (QED) is 0.882. The summed E-state index contributed by atoms with van der Waals surface area (Å²) in [6, 6.07) is 6.52. The summed E-state index contributed by atoms with van der Waals surface area (Å²) in [5.41, 5.74) is 0.777. The Bertz CT molecular complexity index is 708. The molecule has 7 heteroatoms. The minimum Gasteiger partial charge on any atom is -0.469 e. The van der Waals surface area contributed by atoms with E-state index in [9.17, 15) is 9.59 Å². The number of furan rings is 1. The standard InChI is InChI=1S/C16H16Cl2N2O3/c1-3-20(16(22)11-7-8-23-10(11)2)9-14(21)19-15-12(17)5-4-6-13(15)18/h4-8H,3,9H2,1-2H3,(H,19,21). The molecule has 0 unspecified atom stereocenters. The van der Waals surface area contributed by atoms with Crippen LogP contribution in [-0.4, -0.2) is 29.8 Å². The van der Waals surface area contributed by atoms with E-state index >= 15 is 0 Å². The van der Waals surface area contributed by atoms with Crippen molar-refractivity contribution in [3.05, 3.63) is 51.9 Å². The van der Waals surface area contributed by atoms with E-state index in [4.69, 9.17) is 27.6 Å². The van der Waals surface area contributed by atoms with Gasteiger partial charge in [0, 0.05) is 6.54 Å². The zero-order valence-electron chi connectivity index (χ0n) is 12.7. The van der Waals surface area contributed by atoms with Crippen LogP contribution < -0.4 is 5.32 Å². The van der Waals surface area contributed by atoms with Crippen molar-refractivity contribution in [2.75, 3.05) is 18.4 Å². The summed E-state index contributed by atoms with van der Waals surface area (Å²) < 4.78 is 5.13. The number of halogens is 2. The van der Waals surface area contributed by atoms with Crippen LogP contribution in [0.5, 0.6) is 0 Å². The Morgan fingerprint density at radius 2 is 1.87 bits per heavy atom. The number of benzene rings is 1. The summed E-state index contributed by atoms with van der Waals surface area (Å²) in [7, 11) is 0. The van der Waals surface area contributed by atoms with Crippen molar-refractivity contribution in [1.82, 2.24) is 4.90 Å². The number of aryl methyl sites for hydroxylation is 1. The number of amides is 2. The molecule has 0 saturated carbocycles.